The Morgan fingerprint density at radius 3 is 3.05 bits per heavy atom. The average Bonchev–Trinajstić information content (AvgIpc) is 2.51. The van der Waals surface area contributed by atoms with Crippen molar-refractivity contribution in [2.24, 2.45) is 5.92 Å². The van der Waals surface area contributed by atoms with E-state index in [1.54, 1.807) is 18.2 Å². The van der Waals surface area contributed by atoms with Crippen molar-refractivity contribution in [1.29, 1.82) is 0 Å². The first-order chi connectivity index (χ1) is 10.6. The van der Waals surface area contributed by atoms with E-state index in [0.717, 1.165) is 24.6 Å². The van der Waals surface area contributed by atoms with Crippen molar-refractivity contribution in [1.82, 2.24) is 10.2 Å². The molecule has 0 radical (unpaired) electrons. The molecule has 4 nitrogen and oxygen atoms in total. The van der Waals surface area contributed by atoms with Gasteiger partial charge in [-0.15, -0.1) is 0 Å². The van der Waals surface area contributed by atoms with Gasteiger partial charge in [0.15, 0.2) is 0 Å². The average molecular weight is 304 g/mol. The Morgan fingerprint density at radius 2 is 2.27 bits per heavy atom. The van der Waals surface area contributed by atoms with E-state index in [9.17, 15) is 4.79 Å². The van der Waals surface area contributed by atoms with Crippen LogP contribution in [0.15, 0.2) is 24.3 Å². The van der Waals surface area contributed by atoms with E-state index in [1.807, 2.05) is 6.07 Å². The molecular formula is C18H28N2O2. The van der Waals surface area contributed by atoms with Gasteiger partial charge in [0.2, 0.25) is 0 Å². The lowest BCUT2D eigenvalue weighted by Crippen LogP contribution is -2.35. The van der Waals surface area contributed by atoms with Crippen LogP contribution in [0.4, 0.5) is 0 Å². The monoisotopic (exact) mass is 304 g/mol. The molecule has 22 heavy (non-hydrogen) atoms. The minimum Gasteiger partial charge on any atom is -0.478 e. The maximum atomic E-state index is 10.9. The van der Waals surface area contributed by atoms with Gasteiger partial charge in [-0.05, 0) is 68.9 Å². The first-order valence-corrected chi connectivity index (χ1v) is 8.40. The number of nitrogens with one attached hydrogen (secondary N) is 1. The van der Waals surface area contributed by atoms with Crippen molar-refractivity contribution in [3.05, 3.63) is 35.4 Å². The van der Waals surface area contributed by atoms with E-state index in [2.05, 4.69) is 17.1 Å². The zero-order valence-electron chi connectivity index (χ0n) is 13.6. The summed E-state index contributed by atoms with van der Waals surface area (Å²) in [5.41, 5.74) is 1.39. The number of rotatable bonds is 8. The molecule has 2 rings (SSSR count). The molecular weight excluding hydrogens is 276 g/mol. The summed E-state index contributed by atoms with van der Waals surface area (Å²) in [6.45, 7) is 7.80. The van der Waals surface area contributed by atoms with Crippen LogP contribution in [-0.4, -0.2) is 42.2 Å². The highest BCUT2D eigenvalue weighted by molar-refractivity contribution is 5.87. The van der Waals surface area contributed by atoms with Crippen molar-refractivity contribution in [2.75, 3.05) is 26.2 Å². The van der Waals surface area contributed by atoms with Crippen LogP contribution in [0.2, 0.25) is 0 Å². The number of nitrogens with zero attached hydrogens (tertiary/aromatic N) is 1. The van der Waals surface area contributed by atoms with Crippen LogP contribution in [0.25, 0.3) is 0 Å². The third-order valence-corrected chi connectivity index (χ3v) is 4.32. The Labute approximate surface area is 133 Å². The van der Waals surface area contributed by atoms with Crippen LogP contribution < -0.4 is 5.32 Å². The number of carbonyl (C=O) groups is 1. The largest absolute Gasteiger partial charge is 0.478 e. The maximum absolute atomic E-state index is 10.9. The summed E-state index contributed by atoms with van der Waals surface area (Å²) in [5, 5.41) is 12.4. The maximum Gasteiger partial charge on any atom is 0.335 e. The van der Waals surface area contributed by atoms with Crippen LogP contribution in [0.3, 0.4) is 0 Å². The molecule has 1 atom stereocenters. The highest BCUT2D eigenvalue weighted by atomic mass is 16.4. The van der Waals surface area contributed by atoms with Gasteiger partial charge in [-0.1, -0.05) is 19.1 Å². The van der Waals surface area contributed by atoms with Gasteiger partial charge in [0.05, 0.1) is 5.56 Å². The molecule has 0 aromatic heterocycles. The normalized spacial score (nSPS) is 19.2. The summed E-state index contributed by atoms with van der Waals surface area (Å²) < 4.78 is 0. The predicted octanol–water partition coefficient (Wildman–Crippen LogP) is 2.99. The molecule has 1 aromatic rings. The number of benzene rings is 1. The highest BCUT2D eigenvalue weighted by Crippen LogP contribution is 2.15. The quantitative estimate of drug-likeness (QED) is 0.725. The number of unbranched alkanes of at least 4 members (excludes halogenated alkanes) is 1. The Bertz CT molecular complexity index is 476. The molecule has 1 saturated heterocycles. The number of carboxylic acid groups (broad SMARTS) is 1. The molecule has 0 amide bonds. The van der Waals surface area contributed by atoms with Crippen LogP contribution in [0, 0.1) is 5.92 Å². The van der Waals surface area contributed by atoms with Gasteiger partial charge in [0.25, 0.3) is 0 Å². The van der Waals surface area contributed by atoms with E-state index < -0.39 is 5.97 Å². The molecule has 2 N–H and O–H groups in total. The predicted molar refractivity (Wildman–Crippen MR) is 89.2 cm³/mol. The minimum atomic E-state index is -0.863. The van der Waals surface area contributed by atoms with E-state index in [0.29, 0.717) is 5.56 Å². The molecule has 0 spiro atoms. The van der Waals surface area contributed by atoms with Gasteiger partial charge in [-0.2, -0.15) is 0 Å². The van der Waals surface area contributed by atoms with Crippen molar-refractivity contribution in [3.63, 3.8) is 0 Å². The second-order valence-electron chi connectivity index (χ2n) is 6.44. The Balaban J connectivity index is 1.57. The summed E-state index contributed by atoms with van der Waals surface area (Å²) in [7, 11) is 0. The van der Waals surface area contributed by atoms with Crippen molar-refractivity contribution < 1.29 is 9.90 Å². The number of aromatic carboxylic acids is 1. The lowest BCUT2D eigenvalue weighted by molar-refractivity contribution is 0.0696. The van der Waals surface area contributed by atoms with E-state index in [4.69, 9.17) is 5.11 Å². The molecule has 1 fully saturated rings. The third-order valence-electron chi connectivity index (χ3n) is 4.32. The zero-order chi connectivity index (χ0) is 15.8. The Morgan fingerprint density at radius 1 is 1.41 bits per heavy atom. The number of hydrogen-bond donors (Lipinski definition) is 2. The van der Waals surface area contributed by atoms with Crippen molar-refractivity contribution in [2.45, 2.75) is 39.2 Å². The topological polar surface area (TPSA) is 52.6 Å². The molecule has 1 aliphatic heterocycles. The zero-order valence-corrected chi connectivity index (χ0v) is 13.6. The van der Waals surface area contributed by atoms with Crippen molar-refractivity contribution in [3.8, 4) is 0 Å². The van der Waals surface area contributed by atoms with E-state index in [-0.39, 0.29) is 0 Å². The smallest absolute Gasteiger partial charge is 0.335 e. The first-order valence-electron chi connectivity index (χ1n) is 8.40. The highest BCUT2D eigenvalue weighted by Gasteiger charge is 2.15. The summed E-state index contributed by atoms with van der Waals surface area (Å²) in [5.74, 6) is -0.00834. The molecule has 1 unspecified atom stereocenters. The van der Waals surface area contributed by atoms with Gasteiger partial charge in [0, 0.05) is 13.1 Å². The van der Waals surface area contributed by atoms with Gasteiger partial charge >= 0.3 is 5.97 Å². The third kappa shape index (κ3) is 5.78. The molecule has 0 aliphatic carbocycles. The minimum absolute atomic E-state index is 0.360. The van der Waals surface area contributed by atoms with Crippen LogP contribution in [-0.2, 0) is 6.54 Å². The lowest BCUT2D eigenvalue weighted by Gasteiger charge is -2.30. The van der Waals surface area contributed by atoms with Crippen LogP contribution in [0.5, 0.6) is 0 Å². The second kappa shape index (κ2) is 8.91. The van der Waals surface area contributed by atoms with Crippen LogP contribution >= 0.6 is 0 Å². The number of carboxylic acids is 1. The number of piperidine rings is 1. The Hall–Kier alpha value is -1.39. The SMILES string of the molecule is CC1CCCN(CCCCNCc2cccc(C(=O)O)c2)C1. The summed E-state index contributed by atoms with van der Waals surface area (Å²) in [6, 6.07) is 7.14. The van der Waals surface area contributed by atoms with Gasteiger partial charge in [0.1, 0.15) is 0 Å². The fourth-order valence-corrected chi connectivity index (χ4v) is 3.12. The second-order valence-corrected chi connectivity index (χ2v) is 6.44. The molecule has 122 valence electrons. The first kappa shape index (κ1) is 17.0. The molecule has 1 aromatic carbocycles. The fraction of sp³-hybridized carbons (Fsp3) is 0.611. The summed E-state index contributed by atoms with van der Waals surface area (Å²) in [6.07, 6.45) is 5.13. The Kier molecular flexibility index (Phi) is 6.87. The van der Waals surface area contributed by atoms with Crippen LogP contribution in [0.1, 0.15) is 48.5 Å². The molecule has 0 bridgehead atoms. The number of hydrogen-bond acceptors (Lipinski definition) is 3. The van der Waals surface area contributed by atoms with E-state index >= 15 is 0 Å². The summed E-state index contributed by atoms with van der Waals surface area (Å²) in [4.78, 5) is 13.5. The molecule has 4 heteroatoms. The molecule has 0 saturated carbocycles. The number of likely N-dealkylation sites (tertiary alicyclic amines) is 1. The molecule has 1 aliphatic rings. The summed E-state index contributed by atoms with van der Waals surface area (Å²) >= 11 is 0. The van der Waals surface area contributed by atoms with Gasteiger partial charge < -0.3 is 15.3 Å². The molecule has 1 heterocycles. The lowest BCUT2D eigenvalue weighted by atomic mass is 10.0. The fourth-order valence-electron chi connectivity index (χ4n) is 3.12. The van der Waals surface area contributed by atoms with E-state index in [1.165, 1.54) is 45.3 Å². The van der Waals surface area contributed by atoms with Crippen molar-refractivity contribution >= 4 is 5.97 Å². The standard InChI is InChI=1S/C18H28N2O2/c1-15-6-5-11-20(14-15)10-3-2-9-19-13-16-7-4-8-17(12-16)18(21)22/h4,7-8,12,15,19H,2-3,5-6,9-11,13-14H2,1H3,(H,21,22). The van der Waals surface area contributed by atoms with Gasteiger partial charge in [-0.3, -0.25) is 0 Å². The van der Waals surface area contributed by atoms with Gasteiger partial charge in [-0.25, -0.2) is 4.79 Å².